The van der Waals surface area contributed by atoms with E-state index in [1.165, 1.54) is 19.3 Å². The molecule has 1 amide bonds. The van der Waals surface area contributed by atoms with Crippen LogP contribution in [-0.4, -0.2) is 30.5 Å². The zero-order valence-electron chi connectivity index (χ0n) is 12.3. The molecule has 0 N–H and O–H groups in total. The van der Waals surface area contributed by atoms with E-state index in [-0.39, 0.29) is 12.0 Å². The summed E-state index contributed by atoms with van der Waals surface area (Å²) in [4.78, 5) is 14.7. The highest BCUT2D eigenvalue weighted by molar-refractivity contribution is 9.10. The van der Waals surface area contributed by atoms with Gasteiger partial charge in [0, 0.05) is 16.9 Å². The summed E-state index contributed by atoms with van der Waals surface area (Å²) in [6, 6.07) is 8.19. The Morgan fingerprint density at radius 3 is 2.81 bits per heavy atom. The molecule has 4 heteroatoms. The number of carbonyl (C=O) groups is 1. The minimum atomic E-state index is 0.00351. The van der Waals surface area contributed by atoms with Gasteiger partial charge in [-0.15, -0.1) is 0 Å². The number of rotatable bonds is 2. The summed E-state index contributed by atoms with van der Waals surface area (Å²) in [5, 5.41) is 0. The van der Waals surface area contributed by atoms with E-state index >= 15 is 0 Å². The first-order valence-corrected chi connectivity index (χ1v) is 8.69. The Labute approximate surface area is 134 Å². The van der Waals surface area contributed by atoms with Crippen molar-refractivity contribution in [3.63, 3.8) is 0 Å². The predicted molar refractivity (Wildman–Crippen MR) is 86.0 cm³/mol. The van der Waals surface area contributed by atoms with Crippen LogP contribution < -0.4 is 0 Å². The third-order valence-corrected chi connectivity index (χ3v) is 5.05. The van der Waals surface area contributed by atoms with Crippen molar-refractivity contribution in [1.82, 2.24) is 4.90 Å². The molecular weight excluding hydrogens is 330 g/mol. The number of ether oxygens (including phenoxy) is 1. The van der Waals surface area contributed by atoms with Crippen molar-refractivity contribution in [1.29, 1.82) is 0 Å². The van der Waals surface area contributed by atoms with Gasteiger partial charge in [-0.25, -0.2) is 0 Å². The smallest absolute Gasteiger partial charge is 0.225 e. The molecule has 1 heterocycles. The van der Waals surface area contributed by atoms with Crippen molar-refractivity contribution < 1.29 is 9.53 Å². The lowest BCUT2D eigenvalue weighted by Gasteiger charge is -2.36. The third kappa shape index (κ3) is 3.67. The number of halogens is 1. The molecule has 3 rings (SSSR count). The number of hydrogen-bond donors (Lipinski definition) is 0. The lowest BCUT2D eigenvalue weighted by molar-refractivity contribution is -0.144. The second kappa shape index (κ2) is 6.93. The lowest BCUT2D eigenvalue weighted by atomic mass is 9.88. The van der Waals surface area contributed by atoms with E-state index in [0.29, 0.717) is 19.1 Å². The fourth-order valence-electron chi connectivity index (χ4n) is 3.37. The van der Waals surface area contributed by atoms with Gasteiger partial charge in [0.2, 0.25) is 5.91 Å². The molecule has 2 aliphatic rings. The van der Waals surface area contributed by atoms with Gasteiger partial charge in [-0.3, -0.25) is 4.79 Å². The van der Waals surface area contributed by atoms with E-state index in [2.05, 4.69) is 28.1 Å². The summed E-state index contributed by atoms with van der Waals surface area (Å²) in [6.45, 7) is 2.06. The molecule has 1 saturated heterocycles. The molecule has 0 bridgehead atoms. The van der Waals surface area contributed by atoms with Gasteiger partial charge in [0.25, 0.3) is 0 Å². The van der Waals surface area contributed by atoms with Crippen LogP contribution in [0.2, 0.25) is 0 Å². The Hall–Kier alpha value is -0.870. The van der Waals surface area contributed by atoms with Gasteiger partial charge in [-0.2, -0.15) is 0 Å². The van der Waals surface area contributed by atoms with Crippen LogP contribution in [0.25, 0.3) is 0 Å². The highest BCUT2D eigenvalue weighted by Gasteiger charge is 2.30. The van der Waals surface area contributed by atoms with Gasteiger partial charge in [0.1, 0.15) is 6.10 Å². The van der Waals surface area contributed by atoms with E-state index < -0.39 is 0 Å². The maximum atomic E-state index is 12.7. The van der Waals surface area contributed by atoms with E-state index in [4.69, 9.17) is 4.74 Å². The van der Waals surface area contributed by atoms with Gasteiger partial charge >= 0.3 is 0 Å². The van der Waals surface area contributed by atoms with Crippen molar-refractivity contribution in [3.05, 3.63) is 34.3 Å². The van der Waals surface area contributed by atoms with Crippen LogP contribution in [0, 0.1) is 5.92 Å². The number of carbonyl (C=O) groups excluding carboxylic acids is 1. The molecule has 2 fully saturated rings. The standard InChI is InChI=1S/C17H22BrNO2/c18-15-8-4-7-14(11-15)16-12-19(9-10-21-16)17(20)13-5-2-1-3-6-13/h4,7-8,11,13,16H,1-3,5-6,9-10,12H2. The summed E-state index contributed by atoms with van der Waals surface area (Å²) in [5.41, 5.74) is 1.14. The fraction of sp³-hybridized carbons (Fsp3) is 0.588. The second-order valence-corrected chi connectivity index (χ2v) is 6.95. The molecule has 1 aromatic carbocycles. The van der Waals surface area contributed by atoms with E-state index in [1.807, 2.05) is 17.0 Å². The summed E-state index contributed by atoms with van der Waals surface area (Å²) in [6.07, 6.45) is 5.83. The monoisotopic (exact) mass is 351 g/mol. The van der Waals surface area contributed by atoms with Crippen LogP contribution in [0.4, 0.5) is 0 Å². The Bertz CT molecular complexity index is 499. The second-order valence-electron chi connectivity index (χ2n) is 6.03. The number of morpholine rings is 1. The van der Waals surface area contributed by atoms with Gasteiger partial charge in [0.05, 0.1) is 13.2 Å². The van der Waals surface area contributed by atoms with Crippen LogP contribution in [0.1, 0.15) is 43.8 Å². The van der Waals surface area contributed by atoms with Crippen LogP contribution in [0.15, 0.2) is 28.7 Å². The Kier molecular flexibility index (Phi) is 4.96. The molecule has 1 aromatic rings. The van der Waals surface area contributed by atoms with Crippen molar-refractivity contribution in [2.75, 3.05) is 19.7 Å². The number of benzene rings is 1. The normalized spacial score (nSPS) is 24.0. The van der Waals surface area contributed by atoms with Crippen LogP contribution in [0.5, 0.6) is 0 Å². The quantitative estimate of drug-likeness (QED) is 0.807. The molecular formula is C17H22BrNO2. The zero-order valence-corrected chi connectivity index (χ0v) is 13.8. The van der Waals surface area contributed by atoms with Crippen molar-refractivity contribution in [3.8, 4) is 0 Å². The van der Waals surface area contributed by atoms with Crippen molar-refractivity contribution >= 4 is 21.8 Å². The van der Waals surface area contributed by atoms with E-state index in [9.17, 15) is 4.79 Å². The summed E-state index contributed by atoms with van der Waals surface area (Å²) in [7, 11) is 0. The summed E-state index contributed by atoms with van der Waals surface area (Å²) < 4.78 is 6.93. The van der Waals surface area contributed by atoms with Gasteiger partial charge < -0.3 is 9.64 Å². The lowest BCUT2D eigenvalue weighted by Crippen LogP contribution is -2.45. The van der Waals surface area contributed by atoms with Crippen LogP contribution in [0.3, 0.4) is 0 Å². The first-order chi connectivity index (χ1) is 10.2. The minimum absolute atomic E-state index is 0.00351. The minimum Gasteiger partial charge on any atom is -0.370 e. The molecule has 0 aromatic heterocycles. The number of hydrogen-bond acceptors (Lipinski definition) is 2. The molecule has 3 nitrogen and oxygen atoms in total. The Morgan fingerprint density at radius 2 is 2.05 bits per heavy atom. The molecule has 1 aliphatic heterocycles. The molecule has 1 atom stereocenters. The Balaban J connectivity index is 1.66. The SMILES string of the molecule is O=C(C1CCCCC1)N1CCOC(c2cccc(Br)c2)C1. The van der Waals surface area contributed by atoms with E-state index in [1.54, 1.807) is 0 Å². The first-order valence-electron chi connectivity index (χ1n) is 7.90. The van der Waals surface area contributed by atoms with Crippen molar-refractivity contribution in [2.24, 2.45) is 5.92 Å². The largest absolute Gasteiger partial charge is 0.370 e. The highest BCUT2D eigenvalue weighted by atomic mass is 79.9. The molecule has 1 saturated carbocycles. The summed E-state index contributed by atoms with van der Waals surface area (Å²) >= 11 is 3.50. The van der Waals surface area contributed by atoms with Gasteiger partial charge in [-0.1, -0.05) is 47.3 Å². The first kappa shape index (κ1) is 15.0. The van der Waals surface area contributed by atoms with Gasteiger partial charge in [0.15, 0.2) is 0 Å². The van der Waals surface area contributed by atoms with Crippen LogP contribution in [-0.2, 0) is 9.53 Å². The number of amides is 1. The molecule has 1 unspecified atom stereocenters. The zero-order chi connectivity index (χ0) is 14.7. The maximum absolute atomic E-state index is 12.7. The van der Waals surface area contributed by atoms with Crippen LogP contribution >= 0.6 is 15.9 Å². The maximum Gasteiger partial charge on any atom is 0.225 e. The third-order valence-electron chi connectivity index (χ3n) is 4.55. The Morgan fingerprint density at radius 1 is 1.24 bits per heavy atom. The average Bonchev–Trinajstić information content (AvgIpc) is 2.55. The van der Waals surface area contributed by atoms with E-state index in [0.717, 1.165) is 29.4 Å². The molecule has 114 valence electrons. The number of nitrogens with zero attached hydrogens (tertiary/aromatic N) is 1. The fourth-order valence-corrected chi connectivity index (χ4v) is 3.78. The molecule has 21 heavy (non-hydrogen) atoms. The van der Waals surface area contributed by atoms with Gasteiger partial charge in [-0.05, 0) is 30.5 Å². The molecule has 0 spiro atoms. The highest BCUT2D eigenvalue weighted by Crippen LogP contribution is 2.29. The average molecular weight is 352 g/mol. The summed E-state index contributed by atoms with van der Waals surface area (Å²) in [5.74, 6) is 0.595. The topological polar surface area (TPSA) is 29.5 Å². The molecule has 1 aliphatic carbocycles. The molecule has 0 radical (unpaired) electrons. The predicted octanol–water partition coefficient (Wildman–Crippen LogP) is 3.93. The van der Waals surface area contributed by atoms with Crippen molar-refractivity contribution in [2.45, 2.75) is 38.2 Å².